The molecule has 0 spiro atoms. The van der Waals surface area contributed by atoms with Crippen molar-refractivity contribution in [3.05, 3.63) is 95.0 Å². The highest BCUT2D eigenvalue weighted by Crippen LogP contribution is 2.20. The number of thiocarbonyl (C=S) groups is 1. The second-order valence-electron chi connectivity index (χ2n) is 6.15. The van der Waals surface area contributed by atoms with Crippen LogP contribution in [0.3, 0.4) is 0 Å². The molecule has 0 atom stereocenters. The fourth-order valence-electron chi connectivity index (χ4n) is 2.45. The molecule has 148 valence electrons. The lowest BCUT2D eigenvalue weighted by atomic mass is 10.2. The first-order valence-electron chi connectivity index (χ1n) is 8.65. The lowest BCUT2D eigenvalue weighted by Gasteiger charge is -2.14. The lowest BCUT2D eigenvalue weighted by molar-refractivity contribution is 0.598. The van der Waals surface area contributed by atoms with Crippen molar-refractivity contribution in [2.24, 2.45) is 4.40 Å². The number of hydrogen-bond donors (Lipinski definition) is 2. The van der Waals surface area contributed by atoms with Crippen molar-refractivity contribution in [3.63, 3.8) is 0 Å². The molecule has 0 aliphatic heterocycles. The van der Waals surface area contributed by atoms with Crippen LogP contribution in [0.2, 0.25) is 5.02 Å². The zero-order chi connectivity index (χ0) is 20.9. The van der Waals surface area contributed by atoms with E-state index in [-0.39, 0.29) is 15.8 Å². The number of nitrogens with one attached hydrogen (secondary N) is 2. The van der Waals surface area contributed by atoms with Crippen molar-refractivity contribution < 1.29 is 8.42 Å². The van der Waals surface area contributed by atoms with E-state index >= 15 is 0 Å². The van der Waals surface area contributed by atoms with Gasteiger partial charge in [0.2, 0.25) is 0 Å². The quantitative estimate of drug-likeness (QED) is 0.345. The van der Waals surface area contributed by atoms with Crippen LogP contribution in [0.25, 0.3) is 0 Å². The van der Waals surface area contributed by atoms with E-state index in [1.807, 2.05) is 19.1 Å². The van der Waals surface area contributed by atoms with Gasteiger partial charge in [0.25, 0.3) is 10.0 Å². The number of aryl methyl sites for hydroxylation is 1. The molecule has 0 heterocycles. The van der Waals surface area contributed by atoms with Crippen molar-refractivity contribution >= 4 is 50.5 Å². The van der Waals surface area contributed by atoms with Crippen molar-refractivity contribution in [2.75, 3.05) is 5.32 Å². The summed E-state index contributed by atoms with van der Waals surface area (Å²) in [5, 5.41) is 6.49. The molecule has 0 aromatic heterocycles. The first-order chi connectivity index (χ1) is 13.8. The van der Waals surface area contributed by atoms with Crippen LogP contribution in [-0.4, -0.2) is 19.4 Å². The van der Waals surface area contributed by atoms with Crippen LogP contribution in [0.4, 0.5) is 5.69 Å². The molecule has 0 fully saturated rings. The van der Waals surface area contributed by atoms with Crippen LogP contribution in [0.5, 0.6) is 0 Å². The Morgan fingerprint density at radius 1 is 0.931 bits per heavy atom. The Labute approximate surface area is 180 Å². The molecular weight excluding hydrogens is 426 g/mol. The maximum atomic E-state index is 12.8. The Balaban J connectivity index is 1.93. The predicted octanol–water partition coefficient (Wildman–Crippen LogP) is 4.77. The molecule has 0 bridgehead atoms. The molecule has 0 unspecified atom stereocenters. The van der Waals surface area contributed by atoms with E-state index in [0.717, 1.165) is 5.56 Å². The van der Waals surface area contributed by atoms with Gasteiger partial charge in [-0.3, -0.25) is 0 Å². The van der Waals surface area contributed by atoms with Crippen LogP contribution < -0.4 is 10.6 Å². The number of benzene rings is 3. The maximum absolute atomic E-state index is 12.8. The van der Waals surface area contributed by atoms with Crippen LogP contribution >= 0.6 is 23.8 Å². The topological polar surface area (TPSA) is 70.6 Å². The average Bonchev–Trinajstić information content (AvgIpc) is 2.70. The number of rotatable bonds is 4. The molecular formula is C21H18ClN3O2S2. The number of anilines is 1. The third kappa shape index (κ3) is 5.63. The number of amidine groups is 1. The molecule has 2 N–H and O–H groups in total. The first-order valence-corrected chi connectivity index (χ1v) is 10.9. The number of hydrogen-bond acceptors (Lipinski definition) is 3. The molecule has 0 saturated carbocycles. The molecule has 3 aromatic carbocycles. The highest BCUT2D eigenvalue weighted by atomic mass is 35.5. The Morgan fingerprint density at radius 3 is 2.21 bits per heavy atom. The molecule has 29 heavy (non-hydrogen) atoms. The first kappa shape index (κ1) is 21.0. The van der Waals surface area contributed by atoms with Gasteiger partial charge < -0.3 is 10.6 Å². The minimum Gasteiger partial charge on any atom is -0.331 e. The zero-order valence-corrected chi connectivity index (χ0v) is 17.9. The highest BCUT2D eigenvalue weighted by molar-refractivity contribution is 7.90. The standard InChI is InChI=1S/C21H18ClN3O2S2/c1-15-11-13-17(14-12-15)29(26,27)25-20(16-7-3-2-4-8-16)24-21(28)23-19-10-6-5-9-18(19)22/h2-14H,1H3,(H2,23,24,25,28). The lowest BCUT2D eigenvalue weighted by Crippen LogP contribution is -2.35. The number of para-hydroxylation sites is 1. The van der Waals surface area contributed by atoms with Gasteiger partial charge in [-0.2, -0.15) is 8.42 Å². The van der Waals surface area contributed by atoms with Crippen LogP contribution in [-0.2, 0) is 10.0 Å². The second-order valence-corrected chi connectivity index (χ2v) is 8.57. The molecule has 3 aromatic rings. The van der Waals surface area contributed by atoms with Gasteiger partial charge in [0.05, 0.1) is 15.6 Å². The molecule has 5 nitrogen and oxygen atoms in total. The van der Waals surface area contributed by atoms with E-state index in [2.05, 4.69) is 15.0 Å². The van der Waals surface area contributed by atoms with Gasteiger partial charge in [-0.05, 0) is 43.4 Å². The van der Waals surface area contributed by atoms with E-state index in [9.17, 15) is 8.42 Å². The normalized spacial score (nSPS) is 11.7. The third-order valence-electron chi connectivity index (χ3n) is 3.93. The van der Waals surface area contributed by atoms with Gasteiger partial charge >= 0.3 is 0 Å². The van der Waals surface area contributed by atoms with Gasteiger partial charge in [0, 0.05) is 5.56 Å². The Hall–Kier alpha value is -2.74. The summed E-state index contributed by atoms with van der Waals surface area (Å²) in [6, 6.07) is 22.5. The number of halogens is 1. The Morgan fingerprint density at radius 2 is 1.55 bits per heavy atom. The summed E-state index contributed by atoms with van der Waals surface area (Å²) in [5.74, 6) is 0.107. The number of sulfonamides is 1. The van der Waals surface area contributed by atoms with Crippen LogP contribution in [0.15, 0.2) is 88.2 Å². The van der Waals surface area contributed by atoms with Crippen molar-refractivity contribution in [1.82, 2.24) is 5.32 Å². The summed E-state index contributed by atoms with van der Waals surface area (Å²) in [7, 11) is -3.94. The fourth-order valence-corrected chi connectivity index (χ4v) is 3.82. The van der Waals surface area contributed by atoms with E-state index in [0.29, 0.717) is 16.3 Å². The maximum Gasteiger partial charge on any atom is 0.284 e. The van der Waals surface area contributed by atoms with Gasteiger partial charge in [0.1, 0.15) is 0 Å². The summed E-state index contributed by atoms with van der Waals surface area (Å²) < 4.78 is 29.6. The Kier molecular flexibility index (Phi) is 6.64. The molecule has 0 amide bonds. The smallest absolute Gasteiger partial charge is 0.284 e. The minimum absolute atomic E-state index is 0.100. The summed E-state index contributed by atoms with van der Waals surface area (Å²) in [6.45, 7) is 1.88. The van der Waals surface area contributed by atoms with E-state index < -0.39 is 10.0 Å². The molecule has 3 rings (SSSR count). The Bertz CT molecular complexity index is 1150. The van der Waals surface area contributed by atoms with Crippen molar-refractivity contribution in [2.45, 2.75) is 11.8 Å². The summed E-state index contributed by atoms with van der Waals surface area (Å²) in [5.41, 5.74) is 2.13. The summed E-state index contributed by atoms with van der Waals surface area (Å²) in [6.07, 6.45) is 0. The van der Waals surface area contributed by atoms with Crippen molar-refractivity contribution in [1.29, 1.82) is 0 Å². The highest BCUT2D eigenvalue weighted by Gasteiger charge is 2.16. The van der Waals surface area contributed by atoms with Crippen molar-refractivity contribution in [3.8, 4) is 0 Å². The fraction of sp³-hybridized carbons (Fsp3) is 0.0476. The molecule has 0 aliphatic rings. The SMILES string of the molecule is Cc1ccc(S(=O)(=O)N=C(NC(=S)Nc2ccccc2Cl)c2ccccc2)cc1. The second kappa shape index (κ2) is 9.17. The van der Waals surface area contributed by atoms with E-state index in [1.54, 1.807) is 54.6 Å². The third-order valence-corrected chi connectivity index (χ3v) is 5.76. The van der Waals surface area contributed by atoms with Crippen LogP contribution in [0, 0.1) is 6.92 Å². The summed E-state index contributed by atoms with van der Waals surface area (Å²) >= 11 is 11.5. The zero-order valence-electron chi connectivity index (χ0n) is 15.5. The van der Waals surface area contributed by atoms with E-state index in [1.165, 1.54) is 12.1 Å². The molecule has 8 heteroatoms. The molecule has 0 aliphatic carbocycles. The number of nitrogens with zero attached hydrogens (tertiary/aromatic N) is 1. The minimum atomic E-state index is -3.94. The molecule has 0 radical (unpaired) electrons. The van der Waals surface area contributed by atoms with Gasteiger partial charge in [-0.25, -0.2) is 0 Å². The monoisotopic (exact) mass is 443 g/mol. The average molecular weight is 444 g/mol. The van der Waals surface area contributed by atoms with Gasteiger partial charge in [-0.1, -0.05) is 71.8 Å². The van der Waals surface area contributed by atoms with E-state index in [4.69, 9.17) is 23.8 Å². The summed E-state index contributed by atoms with van der Waals surface area (Å²) in [4.78, 5) is 0.100. The molecule has 0 saturated heterocycles. The van der Waals surface area contributed by atoms with Gasteiger partial charge in [-0.15, -0.1) is 4.40 Å². The predicted molar refractivity (Wildman–Crippen MR) is 122 cm³/mol. The largest absolute Gasteiger partial charge is 0.331 e. The van der Waals surface area contributed by atoms with Crippen LogP contribution in [0.1, 0.15) is 11.1 Å². The van der Waals surface area contributed by atoms with Gasteiger partial charge in [0.15, 0.2) is 10.9 Å².